The van der Waals surface area contributed by atoms with Crippen LogP contribution in [0.4, 0.5) is 23.0 Å². The SMILES string of the molecule is CC(=O)Nc1ccc(S(=O)(=O)Nc2ccc(Nc3cc(C)on3)cn2)cc1. The molecule has 2 heterocycles. The number of nitrogens with one attached hydrogen (secondary N) is 3. The molecule has 0 aliphatic heterocycles. The Labute approximate surface area is 155 Å². The number of hydrogen-bond donors (Lipinski definition) is 3. The number of hydrogen-bond acceptors (Lipinski definition) is 7. The summed E-state index contributed by atoms with van der Waals surface area (Å²) < 4.78 is 32.2. The third kappa shape index (κ3) is 4.82. The molecule has 10 heteroatoms. The number of sulfonamides is 1. The van der Waals surface area contributed by atoms with Gasteiger partial charge in [-0.05, 0) is 43.3 Å². The van der Waals surface area contributed by atoms with Crippen LogP contribution in [-0.2, 0) is 14.8 Å². The first-order valence-corrected chi connectivity index (χ1v) is 9.37. The number of pyridine rings is 1. The van der Waals surface area contributed by atoms with Crippen LogP contribution in [0.1, 0.15) is 12.7 Å². The van der Waals surface area contributed by atoms with Gasteiger partial charge in [0.15, 0.2) is 5.82 Å². The van der Waals surface area contributed by atoms with E-state index >= 15 is 0 Å². The minimum Gasteiger partial charge on any atom is -0.360 e. The maximum absolute atomic E-state index is 12.4. The van der Waals surface area contributed by atoms with Gasteiger partial charge in [-0.15, -0.1) is 0 Å². The van der Waals surface area contributed by atoms with Gasteiger partial charge in [0.2, 0.25) is 5.91 Å². The van der Waals surface area contributed by atoms with E-state index in [1.165, 1.54) is 43.5 Å². The molecule has 0 saturated heterocycles. The molecular weight excluding hydrogens is 370 g/mol. The minimum atomic E-state index is -3.80. The Balaban J connectivity index is 1.69. The predicted octanol–water partition coefficient (Wildman–Crippen LogP) is 2.88. The zero-order valence-electron chi connectivity index (χ0n) is 14.6. The molecule has 0 aliphatic rings. The summed E-state index contributed by atoms with van der Waals surface area (Å²) in [5.74, 6) is 1.13. The van der Waals surface area contributed by atoms with E-state index < -0.39 is 10.0 Å². The summed E-state index contributed by atoms with van der Waals surface area (Å²) in [7, 11) is -3.80. The lowest BCUT2D eigenvalue weighted by Gasteiger charge is -2.09. The van der Waals surface area contributed by atoms with Gasteiger partial charge in [-0.3, -0.25) is 9.52 Å². The van der Waals surface area contributed by atoms with Crippen molar-refractivity contribution in [2.75, 3.05) is 15.4 Å². The summed E-state index contributed by atoms with van der Waals surface area (Å²) in [4.78, 5) is 15.2. The van der Waals surface area contributed by atoms with Crippen LogP contribution in [0.2, 0.25) is 0 Å². The van der Waals surface area contributed by atoms with Gasteiger partial charge < -0.3 is 15.2 Å². The van der Waals surface area contributed by atoms with Crippen LogP contribution in [0.3, 0.4) is 0 Å². The molecule has 2 aromatic heterocycles. The van der Waals surface area contributed by atoms with Gasteiger partial charge in [-0.1, -0.05) is 5.16 Å². The van der Waals surface area contributed by atoms with Crippen LogP contribution in [0.25, 0.3) is 0 Å². The van der Waals surface area contributed by atoms with Gasteiger partial charge in [-0.25, -0.2) is 13.4 Å². The summed E-state index contributed by atoms with van der Waals surface area (Å²) in [5, 5.41) is 9.37. The number of nitrogens with zero attached hydrogens (tertiary/aromatic N) is 2. The second kappa shape index (κ2) is 7.46. The molecule has 1 aromatic carbocycles. The number of anilines is 4. The first-order valence-electron chi connectivity index (χ1n) is 7.89. The van der Waals surface area contributed by atoms with Gasteiger partial charge in [0.1, 0.15) is 11.6 Å². The molecule has 0 fully saturated rings. The van der Waals surface area contributed by atoms with Crippen molar-refractivity contribution in [2.45, 2.75) is 18.7 Å². The highest BCUT2D eigenvalue weighted by Gasteiger charge is 2.15. The van der Waals surface area contributed by atoms with E-state index in [-0.39, 0.29) is 16.6 Å². The van der Waals surface area contributed by atoms with Crippen molar-refractivity contribution in [3.05, 3.63) is 54.4 Å². The normalized spacial score (nSPS) is 11.0. The molecule has 0 spiro atoms. The van der Waals surface area contributed by atoms with Gasteiger partial charge in [0.05, 0.1) is 16.8 Å². The summed E-state index contributed by atoms with van der Waals surface area (Å²) in [6.45, 7) is 3.15. The summed E-state index contributed by atoms with van der Waals surface area (Å²) in [6.07, 6.45) is 1.47. The molecule has 140 valence electrons. The van der Waals surface area contributed by atoms with E-state index in [1.807, 2.05) is 0 Å². The van der Waals surface area contributed by atoms with Crippen molar-refractivity contribution in [3.63, 3.8) is 0 Å². The molecule has 0 atom stereocenters. The molecule has 3 aromatic rings. The molecule has 3 rings (SSSR count). The summed E-state index contributed by atoms with van der Waals surface area (Å²) >= 11 is 0. The third-order valence-corrected chi connectivity index (χ3v) is 4.76. The van der Waals surface area contributed by atoms with Gasteiger partial charge in [0, 0.05) is 18.7 Å². The van der Waals surface area contributed by atoms with Crippen molar-refractivity contribution in [1.29, 1.82) is 0 Å². The number of benzene rings is 1. The Kier molecular flexibility index (Phi) is 5.08. The van der Waals surface area contributed by atoms with E-state index in [1.54, 1.807) is 19.1 Å². The Hall–Kier alpha value is -3.40. The smallest absolute Gasteiger partial charge is 0.263 e. The maximum Gasteiger partial charge on any atom is 0.263 e. The number of aryl methyl sites for hydroxylation is 1. The molecule has 1 amide bonds. The first-order chi connectivity index (χ1) is 12.8. The Morgan fingerprint density at radius 1 is 1.04 bits per heavy atom. The zero-order chi connectivity index (χ0) is 19.4. The maximum atomic E-state index is 12.4. The number of carbonyl (C=O) groups excluding carboxylic acids is 1. The fraction of sp³-hybridized carbons (Fsp3) is 0.118. The molecule has 0 aliphatic carbocycles. The topological polar surface area (TPSA) is 126 Å². The van der Waals surface area contributed by atoms with E-state index in [0.717, 1.165) is 0 Å². The average Bonchev–Trinajstić information content (AvgIpc) is 3.01. The fourth-order valence-corrected chi connectivity index (χ4v) is 3.23. The van der Waals surface area contributed by atoms with Crippen molar-refractivity contribution >= 4 is 38.9 Å². The number of amides is 1. The lowest BCUT2D eigenvalue weighted by atomic mass is 10.3. The predicted molar refractivity (Wildman–Crippen MR) is 100 cm³/mol. The van der Waals surface area contributed by atoms with Crippen LogP contribution in [-0.4, -0.2) is 24.5 Å². The van der Waals surface area contributed by atoms with E-state index in [2.05, 4.69) is 25.5 Å². The lowest BCUT2D eigenvalue weighted by molar-refractivity contribution is -0.114. The molecule has 9 nitrogen and oxygen atoms in total. The monoisotopic (exact) mass is 387 g/mol. The van der Waals surface area contributed by atoms with Crippen LogP contribution >= 0.6 is 0 Å². The van der Waals surface area contributed by atoms with E-state index in [0.29, 0.717) is 23.0 Å². The highest BCUT2D eigenvalue weighted by atomic mass is 32.2. The second-order valence-electron chi connectivity index (χ2n) is 5.69. The standard InChI is InChI=1S/C17H17N5O4S/c1-11-9-17(21-26-11)20-14-5-8-16(18-10-14)22-27(24,25)15-6-3-13(4-7-15)19-12(2)23/h3-10H,1-2H3,(H,18,22)(H,19,23)(H,20,21). The highest BCUT2D eigenvalue weighted by Crippen LogP contribution is 2.20. The van der Waals surface area contributed by atoms with Crippen molar-refractivity contribution in [3.8, 4) is 0 Å². The quantitative estimate of drug-likeness (QED) is 0.593. The van der Waals surface area contributed by atoms with Crippen LogP contribution in [0.5, 0.6) is 0 Å². The van der Waals surface area contributed by atoms with Crippen molar-refractivity contribution in [1.82, 2.24) is 10.1 Å². The Morgan fingerprint density at radius 3 is 2.30 bits per heavy atom. The van der Waals surface area contributed by atoms with Crippen LogP contribution in [0.15, 0.2) is 58.1 Å². The highest BCUT2D eigenvalue weighted by molar-refractivity contribution is 7.92. The van der Waals surface area contributed by atoms with Crippen molar-refractivity contribution < 1.29 is 17.7 Å². The molecule has 0 radical (unpaired) electrons. The fourth-order valence-electron chi connectivity index (χ4n) is 2.22. The second-order valence-corrected chi connectivity index (χ2v) is 7.37. The van der Waals surface area contributed by atoms with Gasteiger partial charge in [0.25, 0.3) is 10.0 Å². The minimum absolute atomic E-state index is 0.0543. The first kappa shape index (κ1) is 18.4. The third-order valence-electron chi connectivity index (χ3n) is 3.39. The largest absolute Gasteiger partial charge is 0.360 e. The van der Waals surface area contributed by atoms with Gasteiger partial charge in [-0.2, -0.15) is 0 Å². The summed E-state index contributed by atoms with van der Waals surface area (Å²) in [6, 6.07) is 10.7. The number of aromatic nitrogens is 2. The van der Waals surface area contributed by atoms with Crippen LogP contribution in [0, 0.1) is 6.92 Å². The van der Waals surface area contributed by atoms with E-state index in [4.69, 9.17) is 4.52 Å². The lowest BCUT2D eigenvalue weighted by Crippen LogP contribution is -2.14. The number of rotatable bonds is 6. The van der Waals surface area contributed by atoms with Crippen molar-refractivity contribution in [2.24, 2.45) is 0 Å². The molecule has 27 heavy (non-hydrogen) atoms. The van der Waals surface area contributed by atoms with Gasteiger partial charge >= 0.3 is 0 Å². The zero-order valence-corrected chi connectivity index (χ0v) is 15.4. The molecule has 0 saturated carbocycles. The molecule has 0 bridgehead atoms. The molecule has 0 unspecified atom stereocenters. The van der Waals surface area contributed by atoms with E-state index in [9.17, 15) is 13.2 Å². The Morgan fingerprint density at radius 2 is 1.74 bits per heavy atom. The summed E-state index contributed by atoms with van der Waals surface area (Å²) in [5.41, 5.74) is 1.14. The molecule has 3 N–H and O–H groups in total. The molecular formula is C17H17N5O4S. The number of carbonyl (C=O) groups is 1. The average molecular weight is 387 g/mol. The van der Waals surface area contributed by atoms with Crippen LogP contribution < -0.4 is 15.4 Å². The Bertz CT molecular complexity index is 1040.